The van der Waals surface area contributed by atoms with Crippen molar-refractivity contribution >= 4 is 33.4 Å². The predicted molar refractivity (Wildman–Crippen MR) is 97.8 cm³/mol. The highest BCUT2D eigenvalue weighted by Crippen LogP contribution is 2.27. The molecule has 0 saturated heterocycles. The molecule has 3 rings (SSSR count). The number of hydrogen-bond donors (Lipinski definition) is 1. The molecule has 1 N–H and O–H groups in total. The van der Waals surface area contributed by atoms with Crippen molar-refractivity contribution in [2.24, 2.45) is 5.92 Å². The van der Waals surface area contributed by atoms with Crippen molar-refractivity contribution in [3.8, 4) is 0 Å². The SMILES string of the molecule is CCN(CC)c1nc2ccsc2c(=O)n1CCC(=O)NCC1CC1. The van der Waals surface area contributed by atoms with Gasteiger partial charge in [0.2, 0.25) is 11.9 Å². The predicted octanol–water partition coefficient (Wildman–Crippen LogP) is 2.22. The molecule has 0 bridgehead atoms. The molecular formula is C17H24N4O2S. The van der Waals surface area contributed by atoms with E-state index in [0.29, 0.717) is 29.5 Å². The van der Waals surface area contributed by atoms with Gasteiger partial charge in [0.25, 0.3) is 5.56 Å². The van der Waals surface area contributed by atoms with E-state index in [9.17, 15) is 9.59 Å². The molecule has 7 heteroatoms. The van der Waals surface area contributed by atoms with E-state index in [1.54, 1.807) is 4.57 Å². The topological polar surface area (TPSA) is 67.2 Å². The average Bonchev–Trinajstić information content (AvgIpc) is 3.29. The van der Waals surface area contributed by atoms with E-state index in [4.69, 9.17) is 0 Å². The molecule has 0 aliphatic heterocycles. The van der Waals surface area contributed by atoms with Crippen molar-refractivity contribution in [3.63, 3.8) is 0 Å². The van der Waals surface area contributed by atoms with Crippen LogP contribution in [0.5, 0.6) is 0 Å². The highest BCUT2D eigenvalue weighted by atomic mass is 32.1. The van der Waals surface area contributed by atoms with Gasteiger partial charge in [0, 0.05) is 32.6 Å². The molecule has 6 nitrogen and oxygen atoms in total. The molecule has 1 fully saturated rings. The lowest BCUT2D eigenvalue weighted by Gasteiger charge is -2.23. The Bertz CT molecular complexity index is 774. The molecule has 2 aromatic rings. The van der Waals surface area contributed by atoms with Gasteiger partial charge in [0.1, 0.15) is 4.70 Å². The molecule has 2 heterocycles. The van der Waals surface area contributed by atoms with Gasteiger partial charge in [0.05, 0.1) is 5.52 Å². The first-order chi connectivity index (χ1) is 11.6. The third-order valence-corrected chi connectivity index (χ3v) is 5.33. The maximum absolute atomic E-state index is 12.8. The lowest BCUT2D eigenvalue weighted by molar-refractivity contribution is -0.121. The molecule has 0 spiro atoms. The number of nitrogens with one attached hydrogen (secondary N) is 1. The zero-order valence-electron chi connectivity index (χ0n) is 14.2. The lowest BCUT2D eigenvalue weighted by Crippen LogP contribution is -2.34. The van der Waals surface area contributed by atoms with Crippen LogP contribution in [-0.4, -0.2) is 35.1 Å². The largest absolute Gasteiger partial charge is 0.356 e. The van der Waals surface area contributed by atoms with Gasteiger partial charge >= 0.3 is 0 Å². The van der Waals surface area contributed by atoms with Crippen LogP contribution in [0.1, 0.15) is 33.1 Å². The van der Waals surface area contributed by atoms with Crippen LogP contribution in [0.3, 0.4) is 0 Å². The summed E-state index contributed by atoms with van der Waals surface area (Å²) in [5, 5.41) is 4.84. The maximum Gasteiger partial charge on any atom is 0.272 e. The number of aromatic nitrogens is 2. The molecular weight excluding hydrogens is 324 g/mol. The van der Waals surface area contributed by atoms with Crippen molar-refractivity contribution in [2.45, 2.75) is 39.7 Å². The fourth-order valence-corrected chi connectivity index (χ4v) is 3.54. The molecule has 1 amide bonds. The fraction of sp³-hybridized carbons (Fsp3) is 0.588. The van der Waals surface area contributed by atoms with Crippen molar-refractivity contribution < 1.29 is 4.79 Å². The summed E-state index contributed by atoms with van der Waals surface area (Å²) in [5.41, 5.74) is 0.688. The van der Waals surface area contributed by atoms with E-state index in [2.05, 4.69) is 15.2 Å². The van der Waals surface area contributed by atoms with Crippen LogP contribution in [0.4, 0.5) is 5.95 Å². The van der Waals surface area contributed by atoms with Gasteiger partial charge < -0.3 is 10.2 Å². The third kappa shape index (κ3) is 3.61. The quantitative estimate of drug-likeness (QED) is 0.794. The molecule has 24 heavy (non-hydrogen) atoms. The molecule has 1 saturated carbocycles. The normalized spacial score (nSPS) is 14.1. The van der Waals surface area contributed by atoms with Crippen LogP contribution in [0.15, 0.2) is 16.2 Å². The van der Waals surface area contributed by atoms with Gasteiger partial charge in [0.15, 0.2) is 0 Å². The highest BCUT2D eigenvalue weighted by molar-refractivity contribution is 7.17. The summed E-state index contributed by atoms with van der Waals surface area (Å²) in [6.07, 6.45) is 2.73. The summed E-state index contributed by atoms with van der Waals surface area (Å²) < 4.78 is 2.31. The summed E-state index contributed by atoms with van der Waals surface area (Å²) in [6.45, 7) is 6.75. The first-order valence-corrected chi connectivity index (χ1v) is 9.51. The molecule has 130 valence electrons. The van der Waals surface area contributed by atoms with Gasteiger partial charge in [-0.25, -0.2) is 4.98 Å². The molecule has 1 aliphatic rings. The summed E-state index contributed by atoms with van der Waals surface area (Å²) in [6, 6.07) is 1.88. The second kappa shape index (κ2) is 7.34. The second-order valence-electron chi connectivity index (χ2n) is 6.17. The molecule has 0 aromatic carbocycles. The number of fused-ring (bicyclic) bond motifs is 1. The number of hydrogen-bond acceptors (Lipinski definition) is 5. The molecule has 0 atom stereocenters. The number of nitrogens with zero attached hydrogens (tertiary/aromatic N) is 3. The Kier molecular flexibility index (Phi) is 5.18. The Hall–Kier alpha value is -1.89. The van der Waals surface area contributed by atoms with Crippen molar-refractivity contribution in [2.75, 3.05) is 24.5 Å². The molecule has 2 aromatic heterocycles. The van der Waals surface area contributed by atoms with Crippen molar-refractivity contribution in [1.82, 2.24) is 14.9 Å². The number of thiophene rings is 1. The summed E-state index contributed by atoms with van der Waals surface area (Å²) in [4.78, 5) is 31.6. The standard InChI is InChI=1S/C17H24N4O2S/c1-3-20(4-2)17-19-13-8-10-24-15(13)16(23)21(17)9-7-14(22)18-11-12-5-6-12/h8,10,12H,3-7,9,11H2,1-2H3,(H,18,22). The van der Waals surface area contributed by atoms with Gasteiger partial charge in [-0.1, -0.05) is 0 Å². The van der Waals surface area contributed by atoms with Gasteiger partial charge in [-0.3, -0.25) is 14.2 Å². The third-order valence-electron chi connectivity index (χ3n) is 4.44. The van der Waals surface area contributed by atoms with Crippen molar-refractivity contribution in [3.05, 3.63) is 21.8 Å². The van der Waals surface area contributed by atoms with E-state index >= 15 is 0 Å². The van der Waals surface area contributed by atoms with Crippen LogP contribution in [0.25, 0.3) is 10.2 Å². The van der Waals surface area contributed by atoms with E-state index in [0.717, 1.165) is 25.2 Å². The Morgan fingerprint density at radius 2 is 2.17 bits per heavy atom. The Morgan fingerprint density at radius 1 is 1.42 bits per heavy atom. The van der Waals surface area contributed by atoms with Crippen molar-refractivity contribution in [1.29, 1.82) is 0 Å². The Balaban J connectivity index is 1.83. The highest BCUT2D eigenvalue weighted by Gasteiger charge is 2.22. The monoisotopic (exact) mass is 348 g/mol. The summed E-state index contributed by atoms with van der Waals surface area (Å²) in [5.74, 6) is 1.32. The molecule has 0 unspecified atom stereocenters. The maximum atomic E-state index is 12.8. The van der Waals surface area contributed by atoms with Gasteiger partial charge in [-0.05, 0) is 44.1 Å². The van der Waals surface area contributed by atoms with Gasteiger partial charge in [-0.15, -0.1) is 11.3 Å². The first kappa shape index (κ1) is 17.0. The molecule has 0 radical (unpaired) electrons. The van der Waals surface area contributed by atoms with Crippen LogP contribution < -0.4 is 15.8 Å². The molecule has 1 aliphatic carbocycles. The van der Waals surface area contributed by atoms with Gasteiger partial charge in [-0.2, -0.15) is 0 Å². The average molecular weight is 348 g/mol. The van der Waals surface area contributed by atoms with Crippen LogP contribution >= 0.6 is 11.3 Å². The summed E-state index contributed by atoms with van der Waals surface area (Å²) >= 11 is 1.41. The zero-order chi connectivity index (χ0) is 17.1. The smallest absolute Gasteiger partial charge is 0.272 e. The Labute approximate surface area is 145 Å². The number of anilines is 1. The van der Waals surface area contributed by atoms with Crippen LogP contribution in [0.2, 0.25) is 0 Å². The van der Waals surface area contributed by atoms with E-state index in [-0.39, 0.29) is 11.5 Å². The van der Waals surface area contributed by atoms with E-state index < -0.39 is 0 Å². The fourth-order valence-electron chi connectivity index (χ4n) is 2.76. The first-order valence-electron chi connectivity index (χ1n) is 8.63. The minimum absolute atomic E-state index is 0.00516. The van der Waals surface area contributed by atoms with Crippen LogP contribution in [-0.2, 0) is 11.3 Å². The second-order valence-corrected chi connectivity index (χ2v) is 7.09. The number of carbonyl (C=O) groups is 1. The lowest BCUT2D eigenvalue weighted by atomic mass is 10.3. The summed E-state index contributed by atoms with van der Waals surface area (Å²) in [7, 11) is 0. The van der Waals surface area contributed by atoms with E-state index in [1.807, 2.05) is 25.3 Å². The minimum Gasteiger partial charge on any atom is -0.356 e. The van der Waals surface area contributed by atoms with E-state index in [1.165, 1.54) is 24.2 Å². The zero-order valence-corrected chi connectivity index (χ0v) is 15.1. The number of rotatable bonds is 8. The number of carbonyl (C=O) groups excluding carboxylic acids is 1. The van der Waals surface area contributed by atoms with Crippen LogP contribution in [0, 0.1) is 5.92 Å². The number of amides is 1. The Morgan fingerprint density at radius 3 is 2.83 bits per heavy atom. The minimum atomic E-state index is -0.0492.